The van der Waals surface area contributed by atoms with E-state index in [4.69, 9.17) is 4.74 Å². The lowest BCUT2D eigenvalue weighted by Crippen LogP contribution is -2.38. The molecule has 0 heterocycles. The lowest BCUT2D eigenvalue weighted by Gasteiger charge is -2.39. The topological polar surface area (TPSA) is 9.23 Å². The Hall–Kier alpha value is -1.33. The number of halogens is 5. The average molecular weight is 390 g/mol. The summed E-state index contributed by atoms with van der Waals surface area (Å²) in [5.41, 5.74) is -0.446. The van der Waals surface area contributed by atoms with Gasteiger partial charge in [-0.15, -0.1) is 0 Å². The minimum absolute atomic E-state index is 0.328. The lowest BCUT2D eigenvalue weighted by molar-refractivity contribution is -0.224. The predicted octanol–water partition coefficient (Wildman–Crippen LogP) is 7.02. The van der Waals surface area contributed by atoms with Crippen LogP contribution in [0.2, 0.25) is 0 Å². The quantitative estimate of drug-likeness (QED) is 0.397. The average Bonchev–Trinajstić information content (AvgIpc) is 2.65. The van der Waals surface area contributed by atoms with Crippen molar-refractivity contribution in [3.8, 4) is 5.75 Å². The Bertz CT molecular complexity index is 659. The van der Waals surface area contributed by atoms with E-state index in [1.54, 1.807) is 0 Å². The fourth-order valence-electron chi connectivity index (χ4n) is 4.68. The minimum atomic E-state index is -3.53. The lowest BCUT2D eigenvalue weighted by atomic mass is 9.69. The van der Waals surface area contributed by atoms with Crippen molar-refractivity contribution in [3.05, 3.63) is 29.1 Å². The van der Waals surface area contributed by atoms with Crippen molar-refractivity contribution in [2.24, 2.45) is 23.7 Å². The highest BCUT2D eigenvalue weighted by atomic mass is 19.3. The molecule has 1 aromatic rings. The Morgan fingerprint density at radius 1 is 0.852 bits per heavy atom. The molecule has 2 aliphatic rings. The van der Waals surface area contributed by atoms with Gasteiger partial charge in [-0.1, -0.05) is 19.8 Å². The van der Waals surface area contributed by atoms with Crippen LogP contribution in [0.25, 0.3) is 0 Å². The SMILES string of the molecule is Cc1c(OC(F)(F)C2CCC(C3CCC(C)CC3)CC2)cc(F)c(F)c1F. The van der Waals surface area contributed by atoms with Crippen LogP contribution in [-0.2, 0) is 0 Å². The fraction of sp³-hybridized carbons (Fsp3) is 0.714. The van der Waals surface area contributed by atoms with E-state index in [-0.39, 0.29) is 0 Å². The Morgan fingerprint density at radius 2 is 1.37 bits per heavy atom. The molecule has 3 rings (SSSR count). The van der Waals surface area contributed by atoms with E-state index in [1.807, 2.05) is 0 Å². The molecule has 2 fully saturated rings. The molecule has 0 atom stereocenters. The van der Waals surface area contributed by atoms with Crippen LogP contribution in [-0.4, -0.2) is 6.11 Å². The van der Waals surface area contributed by atoms with Gasteiger partial charge in [0, 0.05) is 11.6 Å². The van der Waals surface area contributed by atoms with Crippen molar-refractivity contribution in [1.29, 1.82) is 0 Å². The minimum Gasteiger partial charge on any atom is -0.432 e. The number of alkyl halides is 2. The third kappa shape index (κ3) is 4.40. The van der Waals surface area contributed by atoms with Crippen molar-refractivity contribution in [2.45, 2.75) is 71.3 Å². The summed E-state index contributed by atoms with van der Waals surface area (Å²) in [5, 5.41) is 0. The van der Waals surface area contributed by atoms with Crippen LogP contribution in [0.3, 0.4) is 0 Å². The first-order valence-electron chi connectivity index (χ1n) is 9.90. The van der Waals surface area contributed by atoms with Gasteiger partial charge >= 0.3 is 6.11 Å². The van der Waals surface area contributed by atoms with Crippen LogP contribution in [0, 0.1) is 48.0 Å². The molecule has 1 nitrogen and oxygen atoms in total. The van der Waals surface area contributed by atoms with E-state index >= 15 is 0 Å². The molecule has 2 aliphatic carbocycles. The van der Waals surface area contributed by atoms with Gasteiger partial charge in [0.05, 0.1) is 5.92 Å². The first-order valence-corrected chi connectivity index (χ1v) is 9.90. The zero-order valence-corrected chi connectivity index (χ0v) is 15.8. The fourth-order valence-corrected chi connectivity index (χ4v) is 4.68. The molecule has 2 saturated carbocycles. The maximum atomic E-state index is 14.6. The molecule has 0 unspecified atom stereocenters. The van der Waals surface area contributed by atoms with E-state index in [0.29, 0.717) is 30.7 Å². The van der Waals surface area contributed by atoms with E-state index in [1.165, 1.54) is 25.7 Å². The summed E-state index contributed by atoms with van der Waals surface area (Å²) in [4.78, 5) is 0. The third-order valence-electron chi connectivity index (χ3n) is 6.58. The second kappa shape index (κ2) is 7.96. The summed E-state index contributed by atoms with van der Waals surface area (Å²) in [6, 6.07) is 0.497. The highest BCUT2D eigenvalue weighted by Gasteiger charge is 2.45. The zero-order chi connectivity index (χ0) is 19.8. The van der Waals surface area contributed by atoms with Gasteiger partial charge in [-0.05, 0) is 63.2 Å². The van der Waals surface area contributed by atoms with E-state index in [9.17, 15) is 22.0 Å². The molecule has 0 spiro atoms. The summed E-state index contributed by atoms with van der Waals surface area (Å²) < 4.78 is 74.1. The second-order valence-corrected chi connectivity index (χ2v) is 8.41. The highest BCUT2D eigenvalue weighted by Crippen LogP contribution is 2.45. The molecule has 0 saturated heterocycles. The first-order chi connectivity index (χ1) is 12.7. The Morgan fingerprint density at radius 3 is 1.93 bits per heavy atom. The summed E-state index contributed by atoms with van der Waals surface area (Å²) in [7, 11) is 0. The van der Waals surface area contributed by atoms with Gasteiger partial charge in [-0.3, -0.25) is 0 Å². The number of hydrogen-bond acceptors (Lipinski definition) is 1. The number of hydrogen-bond donors (Lipinski definition) is 0. The third-order valence-corrected chi connectivity index (χ3v) is 6.58. The normalized spacial score (nSPS) is 29.6. The summed E-state index contributed by atoms with van der Waals surface area (Å²) in [5.74, 6) is -4.46. The Labute approximate surface area is 157 Å². The largest absolute Gasteiger partial charge is 0.432 e. The maximum absolute atomic E-state index is 14.6. The van der Waals surface area contributed by atoms with Crippen LogP contribution in [0.5, 0.6) is 5.75 Å². The van der Waals surface area contributed by atoms with Gasteiger partial charge in [-0.25, -0.2) is 13.2 Å². The van der Waals surface area contributed by atoms with Crippen LogP contribution in [0.1, 0.15) is 63.9 Å². The van der Waals surface area contributed by atoms with Gasteiger partial charge in [0.1, 0.15) is 5.75 Å². The van der Waals surface area contributed by atoms with Crippen LogP contribution >= 0.6 is 0 Å². The van der Waals surface area contributed by atoms with Gasteiger partial charge < -0.3 is 4.74 Å². The predicted molar refractivity (Wildman–Crippen MR) is 93.2 cm³/mol. The Kier molecular flexibility index (Phi) is 6.02. The standard InChI is InChI=1S/C21H27F5O/c1-12-3-5-14(6-4-12)15-7-9-16(10-8-15)21(25,26)27-18-11-17(22)20(24)19(23)13(18)2/h11-12,14-16H,3-10H2,1-2H3. The summed E-state index contributed by atoms with van der Waals surface area (Å²) in [6.45, 7) is 3.36. The molecular weight excluding hydrogens is 363 g/mol. The molecule has 0 aromatic heterocycles. The molecule has 0 aliphatic heterocycles. The second-order valence-electron chi connectivity index (χ2n) is 8.41. The molecule has 152 valence electrons. The van der Waals surface area contributed by atoms with Gasteiger partial charge in [0.15, 0.2) is 17.5 Å². The molecule has 0 radical (unpaired) electrons. The van der Waals surface area contributed by atoms with E-state index in [0.717, 1.165) is 25.7 Å². The molecule has 27 heavy (non-hydrogen) atoms. The molecular formula is C21H27F5O. The Balaban J connectivity index is 1.62. The van der Waals surface area contributed by atoms with Gasteiger partial charge in [-0.2, -0.15) is 8.78 Å². The van der Waals surface area contributed by atoms with Crippen molar-refractivity contribution in [3.63, 3.8) is 0 Å². The van der Waals surface area contributed by atoms with Crippen molar-refractivity contribution < 1.29 is 26.7 Å². The maximum Gasteiger partial charge on any atom is 0.400 e. The van der Waals surface area contributed by atoms with Crippen LogP contribution in [0.4, 0.5) is 22.0 Å². The number of benzene rings is 1. The monoisotopic (exact) mass is 390 g/mol. The number of rotatable bonds is 4. The van der Waals surface area contributed by atoms with E-state index < -0.39 is 40.8 Å². The summed E-state index contributed by atoms with van der Waals surface area (Å²) >= 11 is 0. The van der Waals surface area contributed by atoms with E-state index in [2.05, 4.69) is 6.92 Å². The van der Waals surface area contributed by atoms with Gasteiger partial charge in [0.25, 0.3) is 0 Å². The molecule has 0 amide bonds. The van der Waals surface area contributed by atoms with Crippen molar-refractivity contribution in [2.75, 3.05) is 0 Å². The van der Waals surface area contributed by atoms with Crippen molar-refractivity contribution in [1.82, 2.24) is 0 Å². The molecule has 1 aromatic carbocycles. The summed E-state index contributed by atoms with van der Waals surface area (Å²) in [6.07, 6.45) is 3.36. The molecule has 0 bridgehead atoms. The molecule has 0 N–H and O–H groups in total. The van der Waals surface area contributed by atoms with Crippen LogP contribution in [0.15, 0.2) is 6.07 Å². The van der Waals surface area contributed by atoms with Crippen LogP contribution < -0.4 is 4.74 Å². The zero-order valence-electron chi connectivity index (χ0n) is 15.8. The first kappa shape index (κ1) is 20.4. The molecule has 6 heteroatoms. The van der Waals surface area contributed by atoms with Crippen molar-refractivity contribution >= 4 is 0 Å². The van der Waals surface area contributed by atoms with Gasteiger partial charge in [0.2, 0.25) is 0 Å². The smallest absolute Gasteiger partial charge is 0.400 e. The number of ether oxygens (including phenoxy) is 1. The highest BCUT2D eigenvalue weighted by molar-refractivity contribution is 5.35.